The lowest BCUT2D eigenvalue weighted by Gasteiger charge is -1.88. The lowest BCUT2D eigenvalue weighted by atomic mass is 10.2. The lowest BCUT2D eigenvalue weighted by Crippen LogP contribution is -1.75. The maximum Gasteiger partial charge on any atom is 0.150 e. The third kappa shape index (κ3) is 2.62. The standard InChI is InChI=1S/C7H5BrO.BrH/c8-7-3-1-2-6(4-7)5-9;/h1-5H;1H. The van der Waals surface area contributed by atoms with Crippen molar-refractivity contribution in [1.82, 2.24) is 0 Å². The molecule has 0 aliphatic carbocycles. The molecule has 0 fully saturated rings. The van der Waals surface area contributed by atoms with Crippen LogP contribution in [0.15, 0.2) is 28.7 Å². The second kappa shape index (κ2) is 4.63. The fourth-order valence-corrected chi connectivity index (χ4v) is 0.997. The highest BCUT2D eigenvalue weighted by atomic mass is 79.9. The van der Waals surface area contributed by atoms with Crippen LogP contribution in [0.2, 0.25) is 0 Å². The highest BCUT2D eigenvalue weighted by Gasteiger charge is 1.87. The quantitative estimate of drug-likeness (QED) is 0.714. The van der Waals surface area contributed by atoms with E-state index in [1.54, 1.807) is 12.1 Å². The molecule has 0 aliphatic heterocycles. The number of hydrogen-bond donors (Lipinski definition) is 0. The Bertz CT molecular complexity index is 223. The van der Waals surface area contributed by atoms with Crippen LogP contribution in [0.3, 0.4) is 0 Å². The summed E-state index contributed by atoms with van der Waals surface area (Å²) in [4.78, 5) is 10.1. The summed E-state index contributed by atoms with van der Waals surface area (Å²) < 4.78 is 0.937. The molecule has 0 atom stereocenters. The van der Waals surface area contributed by atoms with E-state index < -0.39 is 0 Å². The van der Waals surface area contributed by atoms with E-state index in [0.717, 1.165) is 10.8 Å². The molecular formula is C7H6Br2O. The summed E-state index contributed by atoms with van der Waals surface area (Å²) in [6.45, 7) is 0. The number of rotatable bonds is 1. The van der Waals surface area contributed by atoms with E-state index in [9.17, 15) is 4.79 Å². The van der Waals surface area contributed by atoms with Gasteiger partial charge in [0.25, 0.3) is 0 Å². The Morgan fingerprint density at radius 2 is 2.10 bits per heavy atom. The van der Waals surface area contributed by atoms with Crippen molar-refractivity contribution in [2.45, 2.75) is 0 Å². The van der Waals surface area contributed by atoms with Gasteiger partial charge in [-0.15, -0.1) is 17.0 Å². The zero-order valence-electron chi connectivity index (χ0n) is 5.08. The number of carbonyl (C=O) groups is 1. The fourth-order valence-electron chi connectivity index (χ4n) is 0.580. The highest BCUT2D eigenvalue weighted by Crippen LogP contribution is 2.09. The van der Waals surface area contributed by atoms with Crippen molar-refractivity contribution in [3.63, 3.8) is 0 Å². The third-order valence-corrected chi connectivity index (χ3v) is 1.48. The van der Waals surface area contributed by atoms with Gasteiger partial charge >= 0.3 is 0 Å². The molecule has 54 valence electrons. The molecule has 0 N–H and O–H groups in total. The van der Waals surface area contributed by atoms with Gasteiger partial charge in [0.2, 0.25) is 0 Å². The van der Waals surface area contributed by atoms with Crippen LogP contribution in [0.1, 0.15) is 10.4 Å². The van der Waals surface area contributed by atoms with Crippen LogP contribution in [0.25, 0.3) is 0 Å². The van der Waals surface area contributed by atoms with E-state index in [-0.39, 0.29) is 17.0 Å². The van der Waals surface area contributed by atoms with Gasteiger partial charge in [-0.05, 0) is 12.1 Å². The molecule has 0 aromatic heterocycles. The molecule has 1 rings (SSSR count). The van der Waals surface area contributed by atoms with Gasteiger partial charge in [-0.3, -0.25) is 4.79 Å². The minimum Gasteiger partial charge on any atom is -0.298 e. The van der Waals surface area contributed by atoms with Gasteiger partial charge in [-0.1, -0.05) is 28.1 Å². The molecule has 10 heavy (non-hydrogen) atoms. The predicted molar refractivity (Wildman–Crippen MR) is 49.9 cm³/mol. The summed E-state index contributed by atoms with van der Waals surface area (Å²) in [7, 11) is 0. The molecule has 0 unspecified atom stereocenters. The Morgan fingerprint density at radius 1 is 1.40 bits per heavy atom. The van der Waals surface area contributed by atoms with E-state index in [4.69, 9.17) is 0 Å². The zero-order valence-corrected chi connectivity index (χ0v) is 8.38. The Kier molecular flexibility index (Phi) is 4.56. The fraction of sp³-hybridized carbons (Fsp3) is 0. The first-order valence-corrected chi connectivity index (χ1v) is 3.33. The summed E-state index contributed by atoms with van der Waals surface area (Å²) in [5.41, 5.74) is 0.698. The summed E-state index contributed by atoms with van der Waals surface area (Å²) >= 11 is 3.24. The Labute approximate surface area is 78.3 Å². The molecule has 0 radical (unpaired) electrons. The number of carbonyl (C=O) groups excluding carboxylic acids is 1. The van der Waals surface area contributed by atoms with Gasteiger partial charge < -0.3 is 0 Å². The SMILES string of the molecule is Br.O=Cc1cccc(Br)c1. The minimum atomic E-state index is 0. The van der Waals surface area contributed by atoms with Crippen LogP contribution in [0.4, 0.5) is 0 Å². The topological polar surface area (TPSA) is 17.1 Å². The van der Waals surface area contributed by atoms with Crippen LogP contribution in [0.5, 0.6) is 0 Å². The van der Waals surface area contributed by atoms with Crippen LogP contribution in [-0.4, -0.2) is 6.29 Å². The second-order valence-electron chi connectivity index (χ2n) is 1.67. The number of aldehydes is 1. The van der Waals surface area contributed by atoms with Crippen LogP contribution in [0, 0.1) is 0 Å². The molecule has 0 bridgehead atoms. The van der Waals surface area contributed by atoms with Gasteiger partial charge in [-0.25, -0.2) is 0 Å². The van der Waals surface area contributed by atoms with E-state index in [1.165, 1.54) is 0 Å². The summed E-state index contributed by atoms with van der Waals surface area (Å²) in [5, 5.41) is 0. The van der Waals surface area contributed by atoms with Crippen molar-refractivity contribution in [3.05, 3.63) is 34.3 Å². The number of benzene rings is 1. The Morgan fingerprint density at radius 3 is 2.50 bits per heavy atom. The first-order chi connectivity index (χ1) is 4.33. The van der Waals surface area contributed by atoms with Gasteiger partial charge in [0.05, 0.1) is 0 Å². The van der Waals surface area contributed by atoms with E-state index in [2.05, 4.69) is 15.9 Å². The molecule has 1 nitrogen and oxygen atoms in total. The van der Waals surface area contributed by atoms with Gasteiger partial charge in [-0.2, -0.15) is 0 Å². The molecule has 3 heteroatoms. The van der Waals surface area contributed by atoms with Crippen LogP contribution in [-0.2, 0) is 0 Å². The van der Waals surface area contributed by atoms with Crippen LogP contribution >= 0.6 is 32.9 Å². The van der Waals surface area contributed by atoms with Gasteiger partial charge in [0.1, 0.15) is 6.29 Å². The molecule has 0 amide bonds. The predicted octanol–water partition coefficient (Wildman–Crippen LogP) is 2.84. The Hall–Kier alpha value is -0.150. The molecule has 0 aliphatic rings. The summed E-state index contributed by atoms with van der Waals surface area (Å²) in [6, 6.07) is 7.24. The van der Waals surface area contributed by atoms with Crippen molar-refractivity contribution in [2.24, 2.45) is 0 Å². The molecule has 1 aromatic carbocycles. The maximum absolute atomic E-state index is 10.1. The first-order valence-electron chi connectivity index (χ1n) is 2.53. The monoisotopic (exact) mass is 264 g/mol. The van der Waals surface area contributed by atoms with E-state index in [0.29, 0.717) is 5.56 Å². The number of hydrogen-bond acceptors (Lipinski definition) is 1. The summed E-state index contributed by atoms with van der Waals surface area (Å²) in [5.74, 6) is 0. The van der Waals surface area contributed by atoms with E-state index in [1.807, 2.05) is 12.1 Å². The van der Waals surface area contributed by atoms with Crippen molar-refractivity contribution in [2.75, 3.05) is 0 Å². The van der Waals surface area contributed by atoms with Gasteiger partial charge in [0, 0.05) is 10.0 Å². The summed E-state index contributed by atoms with van der Waals surface area (Å²) in [6.07, 6.45) is 0.824. The molecule has 0 saturated carbocycles. The van der Waals surface area contributed by atoms with Crippen molar-refractivity contribution in [1.29, 1.82) is 0 Å². The number of halogens is 2. The molecule has 1 aromatic rings. The molecule has 0 saturated heterocycles. The first kappa shape index (κ1) is 9.85. The van der Waals surface area contributed by atoms with Crippen LogP contribution < -0.4 is 0 Å². The molecule has 0 heterocycles. The third-order valence-electron chi connectivity index (χ3n) is 0.985. The molecule has 0 spiro atoms. The highest BCUT2D eigenvalue weighted by molar-refractivity contribution is 9.10. The zero-order chi connectivity index (χ0) is 6.69. The van der Waals surface area contributed by atoms with Crippen molar-refractivity contribution < 1.29 is 4.79 Å². The van der Waals surface area contributed by atoms with E-state index >= 15 is 0 Å². The van der Waals surface area contributed by atoms with Crippen molar-refractivity contribution >= 4 is 39.2 Å². The average Bonchev–Trinajstić information content (AvgIpc) is 1.88. The van der Waals surface area contributed by atoms with Crippen molar-refractivity contribution in [3.8, 4) is 0 Å². The maximum atomic E-state index is 10.1. The van der Waals surface area contributed by atoms with Gasteiger partial charge in [0.15, 0.2) is 0 Å². The second-order valence-corrected chi connectivity index (χ2v) is 2.59. The lowest BCUT2D eigenvalue weighted by molar-refractivity contribution is 0.112. The smallest absolute Gasteiger partial charge is 0.150 e. The normalized spacial score (nSPS) is 8.10. The Balaban J connectivity index is 0.000000810. The largest absolute Gasteiger partial charge is 0.298 e. The minimum absolute atomic E-state index is 0. The average molecular weight is 266 g/mol. The molecular weight excluding hydrogens is 260 g/mol.